The van der Waals surface area contributed by atoms with E-state index in [-0.39, 0.29) is 24.0 Å². The molecule has 4 aromatic heterocycles. The number of halogens is 1. The van der Waals surface area contributed by atoms with Gasteiger partial charge in [0.1, 0.15) is 28.5 Å². The molecule has 0 radical (unpaired) electrons. The van der Waals surface area contributed by atoms with Crippen LogP contribution in [0.2, 0.25) is 0 Å². The number of aryl methyl sites for hydroxylation is 4. The summed E-state index contributed by atoms with van der Waals surface area (Å²) >= 11 is 0. The van der Waals surface area contributed by atoms with Gasteiger partial charge in [-0.25, -0.2) is 14.8 Å². The lowest BCUT2D eigenvalue weighted by molar-refractivity contribution is -0.119. The van der Waals surface area contributed by atoms with Crippen LogP contribution in [0, 0.1) is 0 Å². The molecule has 288 valence electrons. The normalized spacial score (nSPS) is 10.8. The first-order valence-electron chi connectivity index (χ1n) is 19.3. The van der Waals surface area contributed by atoms with E-state index in [1.165, 1.54) is 20.4 Å². The van der Waals surface area contributed by atoms with E-state index in [1.54, 1.807) is 18.5 Å². The number of pyridine rings is 2. The molecule has 0 aliphatic rings. The average Bonchev–Trinajstić information content (AvgIpc) is 3.87. The first-order chi connectivity index (χ1) is 26.5. The number of nitrogens with one attached hydrogen (secondary N) is 3. The number of ether oxygens (including phenoxy) is 1. The fourth-order valence-electron chi connectivity index (χ4n) is 5.81. The van der Waals surface area contributed by atoms with E-state index < -0.39 is 11.7 Å². The Hall–Kier alpha value is -5.48. The number of hydrogen-bond donors (Lipinski definition) is 4. The predicted octanol–water partition coefficient (Wildman–Crippen LogP) is 10.0. The highest BCUT2D eigenvalue weighted by Gasteiger charge is 2.16. The van der Waals surface area contributed by atoms with Crippen molar-refractivity contribution in [3.63, 3.8) is 0 Å². The molecule has 54 heavy (non-hydrogen) atoms. The molecule has 0 atom stereocenters. The summed E-state index contributed by atoms with van der Waals surface area (Å²) in [6.45, 7) is 5.46. The van der Waals surface area contributed by atoms with Crippen molar-refractivity contribution in [1.29, 1.82) is 0 Å². The summed E-state index contributed by atoms with van der Waals surface area (Å²) < 4.78 is 16.8. The Balaban J connectivity index is 0.000000359. The molecule has 11 heteroatoms. The fourth-order valence-corrected chi connectivity index (χ4v) is 5.81. The van der Waals surface area contributed by atoms with Crippen molar-refractivity contribution in [2.75, 3.05) is 11.1 Å². The number of Topliss-reactive ketones (excluding diaryl/α,β-unsaturated/α-hetero) is 2. The summed E-state index contributed by atoms with van der Waals surface area (Å²) in [6.07, 6.45) is 11.7. The number of aromatic amines is 2. The third kappa shape index (κ3) is 13.8. The van der Waals surface area contributed by atoms with Gasteiger partial charge in [0.25, 0.3) is 0 Å². The number of nitrogen functional groups attached to an aromatic ring is 1. The molecule has 2 aromatic carbocycles. The third-order valence-electron chi connectivity index (χ3n) is 8.36. The van der Waals surface area contributed by atoms with Crippen molar-refractivity contribution in [3.05, 3.63) is 120 Å². The molecule has 0 aliphatic heterocycles. The lowest BCUT2D eigenvalue weighted by atomic mass is 10.0. The summed E-state index contributed by atoms with van der Waals surface area (Å²) in [5.41, 5.74) is 12.8. The standard InChI is InChI=1S/C23H27N3O3.C18H19N3O.2CH4.ClH/c1-23(2,3)29-22(28)26-18-6-4-5-16(15-18)7-9-19(27)10-8-17-11-13-24-21-20(17)12-14-25-21;19-15-3-1-2-13(12-15)4-6-16(22)7-5-14-8-10-20-18-17(14)9-11-21-18;;;/h4-6,11-15H,7-10H2,1-3H3,(H,24,25)(H,26,28);1-3,8-12H,4-7,19H2,(H,20,21);2*1H4;1H/i;;2*1D;. The van der Waals surface area contributed by atoms with E-state index in [0.717, 1.165) is 57.3 Å². The second kappa shape index (κ2) is 21.3. The number of hydrogen-bond acceptors (Lipinski definition) is 7. The van der Waals surface area contributed by atoms with Gasteiger partial charge in [-0.1, -0.05) is 39.1 Å². The molecule has 10 nitrogen and oxygen atoms in total. The third-order valence-corrected chi connectivity index (χ3v) is 8.36. The zero-order chi connectivity index (χ0) is 40.2. The summed E-state index contributed by atoms with van der Waals surface area (Å²) in [5.74, 6) is 0.499. The maximum atomic E-state index is 12.4. The molecule has 0 unspecified atom stereocenters. The Bertz CT molecular complexity index is 2110. The molecular weight excluding hydrogens is 700 g/mol. The van der Waals surface area contributed by atoms with Crippen LogP contribution in [0.3, 0.4) is 0 Å². The van der Waals surface area contributed by atoms with Crippen molar-refractivity contribution in [2.45, 2.75) is 92.5 Å². The van der Waals surface area contributed by atoms with Gasteiger partial charge < -0.3 is 20.4 Å². The number of ketones is 2. The van der Waals surface area contributed by atoms with Gasteiger partial charge in [-0.3, -0.25) is 14.9 Å². The van der Waals surface area contributed by atoms with E-state index in [1.807, 2.05) is 99.9 Å². The van der Waals surface area contributed by atoms with E-state index >= 15 is 0 Å². The van der Waals surface area contributed by atoms with Crippen molar-refractivity contribution in [3.8, 4) is 0 Å². The second-order valence-corrected chi connectivity index (χ2v) is 13.6. The minimum Gasteiger partial charge on any atom is -0.444 e. The van der Waals surface area contributed by atoms with Crippen LogP contribution in [-0.4, -0.2) is 43.2 Å². The number of amides is 1. The summed E-state index contributed by atoms with van der Waals surface area (Å²) in [6, 6.07) is 23.2. The van der Waals surface area contributed by atoms with Crippen molar-refractivity contribution in [1.82, 2.24) is 19.9 Å². The number of carbonyl (C=O) groups is 3. The first kappa shape index (κ1) is 41.3. The van der Waals surface area contributed by atoms with Gasteiger partial charge in [0.05, 0.1) is 0 Å². The van der Waals surface area contributed by atoms with Crippen LogP contribution in [-0.2, 0) is 40.0 Å². The first-order valence-corrected chi connectivity index (χ1v) is 17.3. The number of benzene rings is 2. The maximum absolute atomic E-state index is 12.4. The minimum absolute atomic E-state index is 0. The van der Waals surface area contributed by atoms with Gasteiger partial charge in [-0.05, 0) is 117 Å². The molecule has 1 amide bonds. The van der Waals surface area contributed by atoms with Gasteiger partial charge in [0.2, 0.25) is 0 Å². The average molecular weight is 757 g/mol. The molecule has 6 aromatic rings. The number of aromatic nitrogens is 4. The van der Waals surface area contributed by atoms with Crippen LogP contribution in [0.4, 0.5) is 16.2 Å². The molecule has 0 bridgehead atoms. The lowest BCUT2D eigenvalue weighted by Gasteiger charge is -2.19. The molecular formula is C43H55ClN6O4. The monoisotopic (exact) mass is 756 g/mol. The largest absolute Gasteiger partial charge is 0.444 e. The second-order valence-electron chi connectivity index (χ2n) is 13.6. The maximum Gasteiger partial charge on any atom is 0.412 e. The lowest BCUT2D eigenvalue weighted by Crippen LogP contribution is -2.27. The Morgan fingerprint density at radius 1 is 0.722 bits per heavy atom. The van der Waals surface area contributed by atoms with E-state index in [0.29, 0.717) is 44.2 Å². The Kier molecular flexibility index (Phi) is 16.3. The van der Waals surface area contributed by atoms with E-state index in [9.17, 15) is 14.4 Å². The molecule has 0 saturated carbocycles. The Morgan fingerprint density at radius 2 is 1.20 bits per heavy atom. The van der Waals surface area contributed by atoms with E-state index in [2.05, 4.69) is 25.3 Å². The van der Waals surface area contributed by atoms with Gasteiger partial charge in [-0.15, -0.1) is 12.4 Å². The highest BCUT2D eigenvalue weighted by Crippen LogP contribution is 2.20. The number of nitrogens with zero attached hydrogens (tertiary/aromatic N) is 2. The number of nitrogens with two attached hydrogens (primary N) is 1. The number of carbonyl (C=O) groups excluding carboxylic acids is 3. The zero-order valence-corrected chi connectivity index (χ0v) is 32.7. The predicted molar refractivity (Wildman–Crippen MR) is 223 cm³/mol. The van der Waals surface area contributed by atoms with Gasteiger partial charge >= 0.3 is 6.09 Å². The number of fused-ring (bicyclic) bond motifs is 2. The molecule has 0 spiro atoms. The molecule has 0 aliphatic carbocycles. The highest BCUT2D eigenvalue weighted by molar-refractivity contribution is 5.86. The smallest absolute Gasteiger partial charge is 0.412 e. The van der Waals surface area contributed by atoms with E-state index in [4.69, 9.17) is 13.2 Å². The summed E-state index contributed by atoms with van der Waals surface area (Å²) in [5, 5.41) is 4.91. The summed E-state index contributed by atoms with van der Waals surface area (Å²) in [7, 11) is 2.50. The minimum atomic E-state index is -0.547. The van der Waals surface area contributed by atoms with Crippen molar-refractivity contribution >= 4 is 63.5 Å². The van der Waals surface area contributed by atoms with Crippen LogP contribution < -0.4 is 11.1 Å². The molecule has 0 saturated heterocycles. The topological polar surface area (TPSA) is 156 Å². The molecule has 5 N–H and O–H groups in total. The van der Waals surface area contributed by atoms with Crippen molar-refractivity contribution in [2.24, 2.45) is 0 Å². The number of rotatable bonds is 13. The van der Waals surface area contributed by atoms with Gasteiger partial charge in [-0.2, -0.15) is 0 Å². The van der Waals surface area contributed by atoms with Crippen LogP contribution >= 0.6 is 12.4 Å². The number of anilines is 2. The van der Waals surface area contributed by atoms with Gasteiger partial charge in [0, 0.05) is 75.4 Å². The molecule has 4 heterocycles. The Labute approximate surface area is 327 Å². The number of H-pyrrole nitrogens is 2. The quantitative estimate of drug-likeness (QED) is 0.0855. The molecule has 0 fully saturated rings. The van der Waals surface area contributed by atoms with Crippen LogP contribution in [0.25, 0.3) is 22.1 Å². The van der Waals surface area contributed by atoms with Crippen LogP contribution in [0.15, 0.2) is 97.6 Å². The molecule has 6 rings (SSSR count). The fraction of sp³-hybridized carbons (Fsp3) is 0.326. The van der Waals surface area contributed by atoms with Crippen molar-refractivity contribution < 1.29 is 21.9 Å². The zero-order valence-electron chi connectivity index (χ0n) is 33.9. The van der Waals surface area contributed by atoms with Crippen LogP contribution in [0.5, 0.6) is 0 Å². The Morgan fingerprint density at radius 3 is 1.70 bits per heavy atom. The summed E-state index contributed by atoms with van der Waals surface area (Å²) in [4.78, 5) is 51.1. The SMILES string of the molecule is CC(C)(C)OC(=O)Nc1cccc(CCC(=O)CCc2ccnc3[nH]ccc23)c1.Cl.Nc1cccc(CCC(=O)CCc2ccnc3[nH]ccc23)c1.[2H]C.[2H]C. The van der Waals surface area contributed by atoms with Crippen LogP contribution in [0.1, 0.15) is 86.3 Å². The highest BCUT2D eigenvalue weighted by atomic mass is 35.5. The van der Waals surface area contributed by atoms with Gasteiger partial charge in [0.15, 0.2) is 0 Å².